The fourth-order valence-electron chi connectivity index (χ4n) is 3.32. The van der Waals surface area contributed by atoms with Crippen LogP contribution in [0.5, 0.6) is 0 Å². The molecule has 1 amide bonds. The van der Waals surface area contributed by atoms with Crippen LogP contribution >= 0.6 is 0 Å². The third-order valence-corrected chi connectivity index (χ3v) is 4.89. The number of amides is 1. The highest BCUT2D eigenvalue weighted by molar-refractivity contribution is 5.68. The molecule has 5 nitrogen and oxygen atoms in total. The van der Waals surface area contributed by atoms with Gasteiger partial charge in [-0.05, 0) is 33.6 Å². The van der Waals surface area contributed by atoms with Crippen LogP contribution in [0.3, 0.4) is 0 Å². The van der Waals surface area contributed by atoms with E-state index >= 15 is 0 Å². The Kier molecular flexibility index (Phi) is 16.6. The molecule has 0 heterocycles. The van der Waals surface area contributed by atoms with E-state index in [-0.39, 0.29) is 6.61 Å². The highest BCUT2D eigenvalue weighted by Gasteiger charge is 2.20. The topological polar surface area (TPSA) is 78.8 Å². The summed E-state index contributed by atoms with van der Waals surface area (Å²) in [7, 11) is 0. The average Bonchev–Trinajstić information content (AvgIpc) is 2.60. The third-order valence-electron chi connectivity index (χ3n) is 4.89. The SMILES string of the molecule is CCCCCCCCCCCCCC[C@@H](O)C[C@H](CO)NC(=O)OC(C)(C)C. The number of alkyl carbamates (subject to hydrolysis) is 1. The maximum atomic E-state index is 11.8. The number of carbonyl (C=O) groups is 1. The summed E-state index contributed by atoms with van der Waals surface area (Å²) >= 11 is 0. The smallest absolute Gasteiger partial charge is 0.407 e. The summed E-state index contributed by atoms with van der Waals surface area (Å²) in [5.41, 5.74) is -0.572. The Balaban J connectivity index is 3.62. The number of hydrogen-bond donors (Lipinski definition) is 3. The lowest BCUT2D eigenvalue weighted by Crippen LogP contribution is -2.42. The first-order valence-electron chi connectivity index (χ1n) is 11.6. The number of nitrogens with one attached hydrogen (secondary N) is 1. The molecule has 0 aliphatic heterocycles. The zero-order valence-corrected chi connectivity index (χ0v) is 19.0. The summed E-state index contributed by atoms with van der Waals surface area (Å²) in [4.78, 5) is 11.8. The third kappa shape index (κ3) is 18.5. The largest absolute Gasteiger partial charge is 0.444 e. The van der Waals surface area contributed by atoms with Crippen molar-refractivity contribution in [2.24, 2.45) is 0 Å². The minimum atomic E-state index is -0.572. The minimum absolute atomic E-state index is 0.200. The molecule has 0 bridgehead atoms. The molecule has 0 unspecified atom stereocenters. The fourth-order valence-corrected chi connectivity index (χ4v) is 3.32. The molecule has 0 rings (SSSR count). The molecule has 3 N–H and O–H groups in total. The Morgan fingerprint density at radius 2 is 1.36 bits per heavy atom. The normalized spacial score (nSPS) is 13.9. The van der Waals surface area contributed by atoms with Crippen LogP contribution in [0.1, 0.15) is 118 Å². The van der Waals surface area contributed by atoms with Crippen molar-refractivity contribution >= 4 is 6.09 Å². The number of hydrogen-bond acceptors (Lipinski definition) is 4. The van der Waals surface area contributed by atoms with Gasteiger partial charge in [-0.3, -0.25) is 0 Å². The number of ether oxygens (including phenoxy) is 1. The highest BCUT2D eigenvalue weighted by Crippen LogP contribution is 2.14. The van der Waals surface area contributed by atoms with Gasteiger partial charge in [0.2, 0.25) is 0 Å². The highest BCUT2D eigenvalue weighted by atomic mass is 16.6. The Morgan fingerprint density at radius 1 is 0.893 bits per heavy atom. The van der Waals surface area contributed by atoms with Gasteiger partial charge in [-0.25, -0.2) is 4.79 Å². The van der Waals surface area contributed by atoms with Crippen LogP contribution in [-0.2, 0) is 4.74 Å². The second kappa shape index (κ2) is 17.1. The molecule has 168 valence electrons. The predicted molar refractivity (Wildman–Crippen MR) is 117 cm³/mol. The van der Waals surface area contributed by atoms with Crippen molar-refractivity contribution in [2.75, 3.05) is 6.61 Å². The molecule has 0 aromatic rings. The number of unbranched alkanes of at least 4 members (excludes halogenated alkanes) is 11. The lowest BCUT2D eigenvalue weighted by Gasteiger charge is -2.24. The van der Waals surface area contributed by atoms with E-state index in [0.29, 0.717) is 12.8 Å². The average molecular weight is 402 g/mol. The van der Waals surface area contributed by atoms with Crippen LogP contribution in [0.25, 0.3) is 0 Å². The summed E-state index contributed by atoms with van der Waals surface area (Å²) in [6, 6.07) is -0.470. The van der Waals surface area contributed by atoms with Gasteiger partial charge in [-0.2, -0.15) is 0 Å². The predicted octanol–water partition coefficient (Wildman–Crippen LogP) is 5.71. The van der Waals surface area contributed by atoms with Crippen molar-refractivity contribution in [2.45, 2.75) is 135 Å². The van der Waals surface area contributed by atoms with Crippen LogP contribution in [0.2, 0.25) is 0 Å². The van der Waals surface area contributed by atoms with Crippen molar-refractivity contribution in [1.29, 1.82) is 0 Å². The quantitative estimate of drug-likeness (QED) is 0.273. The summed E-state index contributed by atoms with van der Waals surface area (Å²) in [5, 5.41) is 22.2. The van der Waals surface area contributed by atoms with Crippen molar-refractivity contribution in [3.05, 3.63) is 0 Å². The maximum absolute atomic E-state index is 11.8. The molecule has 0 saturated carbocycles. The van der Waals surface area contributed by atoms with Crippen molar-refractivity contribution in [3.8, 4) is 0 Å². The minimum Gasteiger partial charge on any atom is -0.444 e. The molecule has 0 aromatic carbocycles. The van der Waals surface area contributed by atoms with Crippen molar-refractivity contribution in [3.63, 3.8) is 0 Å². The summed E-state index contributed by atoms with van der Waals surface area (Å²) in [6.07, 6.45) is 15.5. The Bertz CT molecular complexity index is 368. The van der Waals surface area contributed by atoms with Gasteiger partial charge < -0.3 is 20.3 Å². The Morgan fingerprint density at radius 3 is 1.79 bits per heavy atom. The van der Waals surface area contributed by atoms with Crippen molar-refractivity contribution in [1.82, 2.24) is 5.32 Å². The van der Waals surface area contributed by atoms with Gasteiger partial charge in [0.15, 0.2) is 0 Å². The van der Waals surface area contributed by atoms with Gasteiger partial charge in [0.1, 0.15) is 5.60 Å². The first-order chi connectivity index (χ1) is 13.3. The molecular formula is C23H47NO4. The fraction of sp³-hybridized carbons (Fsp3) is 0.957. The van der Waals surface area contributed by atoms with Crippen LogP contribution in [-0.4, -0.2) is 40.7 Å². The molecule has 0 saturated heterocycles. The van der Waals surface area contributed by atoms with E-state index in [1.807, 2.05) is 0 Å². The van der Waals surface area contributed by atoms with Gasteiger partial charge >= 0.3 is 6.09 Å². The van der Waals surface area contributed by atoms with Gasteiger partial charge in [-0.1, -0.05) is 84.0 Å². The van der Waals surface area contributed by atoms with Gasteiger partial charge in [0, 0.05) is 0 Å². The number of aliphatic hydroxyl groups is 2. The Hall–Kier alpha value is -0.810. The second-order valence-electron chi connectivity index (χ2n) is 9.09. The molecule has 0 aliphatic carbocycles. The van der Waals surface area contributed by atoms with E-state index in [2.05, 4.69) is 12.2 Å². The summed E-state index contributed by atoms with van der Waals surface area (Å²) in [5.74, 6) is 0. The van der Waals surface area contributed by atoms with E-state index in [4.69, 9.17) is 4.74 Å². The first kappa shape index (κ1) is 27.2. The number of rotatable bonds is 17. The van der Waals surface area contributed by atoms with E-state index in [9.17, 15) is 15.0 Å². The Labute approximate surface area is 173 Å². The number of carbonyl (C=O) groups excluding carboxylic acids is 1. The van der Waals surface area contributed by atoms with E-state index < -0.39 is 23.8 Å². The molecule has 0 radical (unpaired) electrons. The van der Waals surface area contributed by atoms with Crippen LogP contribution in [0.4, 0.5) is 4.79 Å². The number of aliphatic hydroxyl groups excluding tert-OH is 2. The first-order valence-corrected chi connectivity index (χ1v) is 11.6. The molecular weight excluding hydrogens is 354 g/mol. The van der Waals surface area contributed by atoms with E-state index in [0.717, 1.165) is 12.8 Å². The molecule has 0 aliphatic rings. The summed E-state index contributed by atoms with van der Waals surface area (Å²) < 4.78 is 5.19. The lowest BCUT2D eigenvalue weighted by molar-refractivity contribution is 0.0446. The maximum Gasteiger partial charge on any atom is 0.407 e. The molecule has 5 heteroatoms. The van der Waals surface area contributed by atoms with Gasteiger partial charge in [0.05, 0.1) is 18.8 Å². The molecule has 2 atom stereocenters. The van der Waals surface area contributed by atoms with Crippen LogP contribution < -0.4 is 5.32 Å². The monoisotopic (exact) mass is 401 g/mol. The van der Waals surface area contributed by atoms with Crippen LogP contribution in [0.15, 0.2) is 0 Å². The van der Waals surface area contributed by atoms with Crippen LogP contribution in [0, 0.1) is 0 Å². The zero-order valence-electron chi connectivity index (χ0n) is 19.0. The molecule has 0 aromatic heterocycles. The molecule has 0 spiro atoms. The molecule has 28 heavy (non-hydrogen) atoms. The van der Waals surface area contributed by atoms with E-state index in [1.165, 1.54) is 64.2 Å². The van der Waals surface area contributed by atoms with E-state index in [1.54, 1.807) is 20.8 Å². The lowest BCUT2D eigenvalue weighted by atomic mass is 10.0. The molecule has 0 fully saturated rings. The van der Waals surface area contributed by atoms with Gasteiger partial charge in [0.25, 0.3) is 0 Å². The van der Waals surface area contributed by atoms with Gasteiger partial charge in [-0.15, -0.1) is 0 Å². The summed E-state index contributed by atoms with van der Waals surface area (Å²) in [6.45, 7) is 7.44. The second-order valence-corrected chi connectivity index (χ2v) is 9.09. The van der Waals surface area contributed by atoms with Crippen molar-refractivity contribution < 1.29 is 19.7 Å². The standard InChI is InChI=1S/C23H47NO4/c1-5-6-7-8-9-10-11-12-13-14-15-16-17-21(26)18-20(19-25)24-22(27)28-23(2,3)4/h20-21,25-26H,5-19H2,1-4H3,(H,24,27)/t20-,21-/m1/s1. The zero-order chi connectivity index (χ0) is 21.3.